The Hall–Kier alpha value is -1.64. The zero-order valence-electron chi connectivity index (χ0n) is 8.93. The van der Waals surface area contributed by atoms with Gasteiger partial charge in [0.1, 0.15) is 0 Å². The Kier molecular flexibility index (Phi) is 3.61. The molecule has 1 amide bonds. The van der Waals surface area contributed by atoms with Gasteiger partial charge in [-0.15, -0.1) is 0 Å². The molecule has 0 fully saturated rings. The van der Waals surface area contributed by atoms with Gasteiger partial charge in [-0.1, -0.05) is 30.3 Å². The maximum Gasteiger partial charge on any atom is 0.279 e. The van der Waals surface area contributed by atoms with Crippen LogP contribution >= 0.6 is 0 Å². The van der Waals surface area contributed by atoms with Crippen molar-refractivity contribution in [2.24, 2.45) is 0 Å². The summed E-state index contributed by atoms with van der Waals surface area (Å²) in [4.78, 5) is 10.9. The molecule has 0 unspecified atom stereocenters. The molecule has 0 saturated carbocycles. The summed E-state index contributed by atoms with van der Waals surface area (Å²) in [6.45, 7) is 7.18. The average molecular weight is 207 g/mol. The molecule has 0 aliphatic rings. The Bertz CT molecular complexity index is 399. The summed E-state index contributed by atoms with van der Waals surface area (Å²) < 4.78 is 12.4. The summed E-state index contributed by atoms with van der Waals surface area (Å²) in [7, 11) is 0. The van der Waals surface area contributed by atoms with Crippen molar-refractivity contribution in [3.8, 4) is 0 Å². The van der Waals surface area contributed by atoms with E-state index >= 15 is 0 Å². The number of carbonyl (C=O) groups is 1. The number of hydrogen-bond donors (Lipinski definition) is 1. The first kappa shape index (κ1) is 11.4. The molecule has 0 heterocycles. The lowest BCUT2D eigenvalue weighted by atomic mass is 10.1. The van der Waals surface area contributed by atoms with Crippen LogP contribution in [0.3, 0.4) is 0 Å². The SMILES string of the molecule is C=C(F)C(=O)NCc1cc(C)ccc1C. The molecule has 15 heavy (non-hydrogen) atoms. The van der Waals surface area contributed by atoms with Crippen LogP contribution in [0.4, 0.5) is 4.39 Å². The van der Waals surface area contributed by atoms with Crippen LogP contribution < -0.4 is 5.32 Å². The van der Waals surface area contributed by atoms with E-state index in [-0.39, 0.29) is 0 Å². The molecular formula is C12H14FNO. The summed E-state index contributed by atoms with van der Waals surface area (Å²) in [5.74, 6) is -1.71. The highest BCUT2D eigenvalue weighted by Crippen LogP contribution is 2.10. The normalized spacial score (nSPS) is 9.80. The molecule has 0 aliphatic carbocycles. The monoisotopic (exact) mass is 207 g/mol. The molecule has 3 heteroatoms. The fourth-order valence-electron chi connectivity index (χ4n) is 1.26. The molecule has 0 saturated heterocycles. The largest absolute Gasteiger partial charge is 0.346 e. The predicted molar refractivity (Wildman–Crippen MR) is 58.0 cm³/mol. The van der Waals surface area contributed by atoms with Crippen LogP contribution in [0.1, 0.15) is 16.7 Å². The fraction of sp³-hybridized carbons (Fsp3) is 0.250. The molecular weight excluding hydrogens is 193 g/mol. The van der Waals surface area contributed by atoms with E-state index in [0.29, 0.717) is 6.54 Å². The molecule has 1 aromatic rings. The van der Waals surface area contributed by atoms with Crippen molar-refractivity contribution >= 4 is 5.91 Å². The minimum atomic E-state index is -0.958. The van der Waals surface area contributed by atoms with Crippen molar-refractivity contribution in [3.63, 3.8) is 0 Å². The number of carbonyl (C=O) groups excluding carboxylic acids is 1. The molecule has 0 atom stereocenters. The zero-order valence-corrected chi connectivity index (χ0v) is 8.93. The van der Waals surface area contributed by atoms with Gasteiger partial charge >= 0.3 is 0 Å². The Labute approximate surface area is 88.8 Å². The van der Waals surface area contributed by atoms with E-state index in [1.54, 1.807) is 0 Å². The molecule has 0 radical (unpaired) electrons. The van der Waals surface area contributed by atoms with Gasteiger partial charge in [0.05, 0.1) is 0 Å². The second-order valence-corrected chi connectivity index (χ2v) is 3.52. The molecule has 2 nitrogen and oxygen atoms in total. The smallest absolute Gasteiger partial charge is 0.279 e. The van der Waals surface area contributed by atoms with Gasteiger partial charge < -0.3 is 5.32 Å². The average Bonchev–Trinajstić information content (AvgIpc) is 2.18. The number of rotatable bonds is 3. The molecule has 0 aliphatic heterocycles. The first-order valence-corrected chi connectivity index (χ1v) is 4.69. The van der Waals surface area contributed by atoms with Gasteiger partial charge in [-0.2, -0.15) is 0 Å². The molecule has 1 aromatic carbocycles. The second-order valence-electron chi connectivity index (χ2n) is 3.52. The lowest BCUT2D eigenvalue weighted by Crippen LogP contribution is -2.23. The Morgan fingerprint density at radius 1 is 1.47 bits per heavy atom. The predicted octanol–water partition coefficient (Wildman–Crippen LogP) is 2.40. The van der Waals surface area contributed by atoms with Crippen LogP contribution in [0.15, 0.2) is 30.6 Å². The Balaban J connectivity index is 2.69. The van der Waals surface area contributed by atoms with Gasteiger partial charge in [-0.3, -0.25) is 4.79 Å². The van der Waals surface area contributed by atoms with Crippen LogP contribution in [0.5, 0.6) is 0 Å². The molecule has 1 rings (SSSR count). The molecule has 1 N–H and O–H groups in total. The number of halogens is 1. The highest BCUT2D eigenvalue weighted by molar-refractivity contribution is 5.90. The van der Waals surface area contributed by atoms with Crippen LogP contribution in [-0.2, 0) is 11.3 Å². The van der Waals surface area contributed by atoms with Gasteiger partial charge in [0.15, 0.2) is 5.83 Å². The third kappa shape index (κ3) is 3.20. The fourth-order valence-corrected chi connectivity index (χ4v) is 1.26. The number of hydrogen-bond acceptors (Lipinski definition) is 1. The van der Waals surface area contributed by atoms with E-state index in [1.807, 2.05) is 32.0 Å². The maximum absolute atomic E-state index is 12.4. The van der Waals surface area contributed by atoms with Crippen molar-refractivity contribution in [3.05, 3.63) is 47.3 Å². The van der Waals surface area contributed by atoms with Crippen molar-refractivity contribution in [1.29, 1.82) is 0 Å². The minimum Gasteiger partial charge on any atom is -0.346 e. The van der Waals surface area contributed by atoms with Crippen molar-refractivity contribution in [1.82, 2.24) is 5.32 Å². The van der Waals surface area contributed by atoms with Gasteiger partial charge in [-0.05, 0) is 25.0 Å². The van der Waals surface area contributed by atoms with Gasteiger partial charge in [0.25, 0.3) is 5.91 Å². The third-order valence-corrected chi connectivity index (χ3v) is 2.19. The van der Waals surface area contributed by atoms with E-state index in [9.17, 15) is 9.18 Å². The van der Waals surface area contributed by atoms with Crippen LogP contribution in [0.2, 0.25) is 0 Å². The molecule has 0 aromatic heterocycles. The van der Waals surface area contributed by atoms with Crippen molar-refractivity contribution in [2.75, 3.05) is 0 Å². The lowest BCUT2D eigenvalue weighted by molar-refractivity contribution is -0.119. The van der Waals surface area contributed by atoms with E-state index in [0.717, 1.165) is 16.7 Å². The number of aryl methyl sites for hydroxylation is 2. The lowest BCUT2D eigenvalue weighted by Gasteiger charge is -2.07. The van der Waals surface area contributed by atoms with Crippen molar-refractivity contribution in [2.45, 2.75) is 20.4 Å². The van der Waals surface area contributed by atoms with Gasteiger partial charge in [0.2, 0.25) is 0 Å². The summed E-state index contributed by atoms with van der Waals surface area (Å²) in [6, 6.07) is 5.94. The van der Waals surface area contributed by atoms with Crippen LogP contribution in [0, 0.1) is 13.8 Å². The Morgan fingerprint density at radius 3 is 2.73 bits per heavy atom. The Morgan fingerprint density at radius 2 is 2.13 bits per heavy atom. The van der Waals surface area contributed by atoms with Gasteiger partial charge in [0, 0.05) is 6.54 Å². The van der Waals surface area contributed by atoms with E-state index in [1.165, 1.54) is 0 Å². The first-order valence-electron chi connectivity index (χ1n) is 4.69. The molecule has 0 bridgehead atoms. The van der Waals surface area contributed by atoms with Crippen molar-refractivity contribution < 1.29 is 9.18 Å². The van der Waals surface area contributed by atoms with E-state index in [2.05, 4.69) is 11.9 Å². The maximum atomic E-state index is 12.4. The first-order chi connectivity index (χ1) is 7.00. The second kappa shape index (κ2) is 4.73. The standard InChI is InChI=1S/C12H14FNO/c1-8-4-5-9(2)11(6-8)7-14-12(15)10(3)13/h4-6H,3,7H2,1-2H3,(H,14,15). The van der Waals surface area contributed by atoms with Gasteiger partial charge in [-0.25, -0.2) is 4.39 Å². The molecule has 80 valence electrons. The minimum absolute atomic E-state index is 0.329. The van der Waals surface area contributed by atoms with E-state index in [4.69, 9.17) is 0 Å². The summed E-state index contributed by atoms with van der Waals surface area (Å²) in [5, 5.41) is 2.45. The highest BCUT2D eigenvalue weighted by atomic mass is 19.1. The number of benzene rings is 1. The summed E-state index contributed by atoms with van der Waals surface area (Å²) in [6.07, 6.45) is 0. The van der Waals surface area contributed by atoms with Crippen LogP contribution in [-0.4, -0.2) is 5.91 Å². The topological polar surface area (TPSA) is 29.1 Å². The molecule has 0 spiro atoms. The van der Waals surface area contributed by atoms with E-state index < -0.39 is 11.7 Å². The quantitative estimate of drug-likeness (QED) is 0.758. The highest BCUT2D eigenvalue weighted by Gasteiger charge is 2.05. The summed E-state index contributed by atoms with van der Waals surface area (Å²) in [5.41, 5.74) is 3.18. The number of nitrogens with one attached hydrogen (secondary N) is 1. The third-order valence-electron chi connectivity index (χ3n) is 2.19. The summed E-state index contributed by atoms with van der Waals surface area (Å²) >= 11 is 0. The van der Waals surface area contributed by atoms with Crippen LogP contribution in [0.25, 0.3) is 0 Å². The number of amides is 1. The zero-order chi connectivity index (χ0) is 11.4.